The van der Waals surface area contributed by atoms with Crippen LogP contribution in [-0.4, -0.2) is 36.5 Å². The number of rotatable bonds is 8. The largest absolute Gasteiger partial charge is 0.493 e. The summed E-state index contributed by atoms with van der Waals surface area (Å²) in [6.07, 6.45) is 0.637. The number of carbonyl (C=O) groups excluding carboxylic acids is 1. The van der Waals surface area contributed by atoms with Crippen molar-refractivity contribution in [3.05, 3.63) is 51.9 Å². The molecule has 0 fully saturated rings. The van der Waals surface area contributed by atoms with Crippen LogP contribution in [0.15, 0.2) is 35.1 Å². The highest BCUT2D eigenvalue weighted by Gasteiger charge is 2.10. The summed E-state index contributed by atoms with van der Waals surface area (Å²) in [5.74, 6) is 1.28. The van der Waals surface area contributed by atoms with E-state index < -0.39 is 0 Å². The van der Waals surface area contributed by atoms with E-state index in [9.17, 15) is 9.59 Å². The van der Waals surface area contributed by atoms with Gasteiger partial charge in [-0.2, -0.15) is 5.10 Å². The Morgan fingerprint density at radius 2 is 1.88 bits per heavy atom. The number of aromatic nitrogens is 2. The van der Waals surface area contributed by atoms with Crippen LogP contribution >= 0.6 is 0 Å². The van der Waals surface area contributed by atoms with E-state index in [4.69, 9.17) is 9.47 Å². The molecule has 0 bridgehead atoms. The number of nitrogens with zero attached hydrogens (tertiary/aromatic N) is 2. The van der Waals surface area contributed by atoms with Gasteiger partial charge in [0, 0.05) is 19.2 Å². The molecule has 26 heavy (non-hydrogen) atoms. The van der Waals surface area contributed by atoms with Gasteiger partial charge in [0.1, 0.15) is 5.69 Å². The highest BCUT2D eigenvalue weighted by atomic mass is 16.5. The summed E-state index contributed by atoms with van der Waals surface area (Å²) in [6.45, 7) is 4.90. The lowest BCUT2D eigenvalue weighted by Crippen LogP contribution is -2.31. The lowest BCUT2D eigenvalue weighted by Gasteiger charge is -2.11. The van der Waals surface area contributed by atoms with Gasteiger partial charge in [0.25, 0.3) is 11.5 Å². The molecule has 0 aliphatic carbocycles. The van der Waals surface area contributed by atoms with Crippen LogP contribution in [0, 0.1) is 5.92 Å². The molecule has 0 saturated heterocycles. The summed E-state index contributed by atoms with van der Waals surface area (Å²) >= 11 is 0. The van der Waals surface area contributed by atoms with E-state index in [1.165, 1.54) is 16.8 Å². The zero-order valence-corrected chi connectivity index (χ0v) is 15.6. The molecule has 1 heterocycles. The molecule has 0 unspecified atom stereocenters. The summed E-state index contributed by atoms with van der Waals surface area (Å²) < 4.78 is 11.8. The number of amides is 1. The first-order valence-electron chi connectivity index (χ1n) is 8.52. The van der Waals surface area contributed by atoms with Crippen molar-refractivity contribution >= 4 is 5.91 Å². The minimum atomic E-state index is -0.303. The van der Waals surface area contributed by atoms with Crippen LogP contribution < -0.4 is 20.3 Å². The van der Waals surface area contributed by atoms with Gasteiger partial charge in [-0.05, 0) is 36.1 Å². The van der Waals surface area contributed by atoms with E-state index in [2.05, 4.69) is 10.4 Å². The van der Waals surface area contributed by atoms with Crippen LogP contribution in [0.3, 0.4) is 0 Å². The molecule has 0 aliphatic rings. The molecular weight excluding hydrogens is 334 g/mol. The monoisotopic (exact) mass is 359 g/mol. The Morgan fingerprint density at radius 3 is 2.54 bits per heavy atom. The topological polar surface area (TPSA) is 82.5 Å². The third kappa shape index (κ3) is 5.08. The van der Waals surface area contributed by atoms with Gasteiger partial charge < -0.3 is 14.8 Å². The number of methoxy groups -OCH3 is 2. The predicted molar refractivity (Wildman–Crippen MR) is 98.9 cm³/mol. The fourth-order valence-corrected chi connectivity index (χ4v) is 2.49. The van der Waals surface area contributed by atoms with E-state index in [-0.39, 0.29) is 23.1 Å². The summed E-state index contributed by atoms with van der Waals surface area (Å²) in [5.41, 5.74) is 1.04. The van der Waals surface area contributed by atoms with E-state index in [1.54, 1.807) is 14.2 Å². The minimum Gasteiger partial charge on any atom is -0.493 e. The maximum absolute atomic E-state index is 12.3. The minimum absolute atomic E-state index is 0.208. The molecule has 7 heteroatoms. The molecule has 2 aromatic rings. The van der Waals surface area contributed by atoms with Gasteiger partial charge >= 0.3 is 0 Å². The molecule has 0 aliphatic heterocycles. The fourth-order valence-electron chi connectivity index (χ4n) is 2.49. The van der Waals surface area contributed by atoms with Gasteiger partial charge in [0.2, 0.25) is 0 Å². The number of hydrogen-bond acceptors (Lipinski definition) is 5. The first-order chi connectivity index (χ1) is 12.4. The van der Waals surface area contributed by atoms with E-state index in [1.807, 2.05) is 32.0 Å². The van der Waals surface area contributed by atoms with Crippen molar-refractivity contribution in [1.29, 1.82) is 0 Å². The molecule has 1 amide bonds. The summed E-state index contributed by atoms with van der Waals surface area (Å²) in [5, 5.41) is 6.97. The second-order valence-electron chi connectivity index (χ2n) is 6.33. The van der Waals surface area contributed by atoms with Crippen LogP contribution in [0.2, 0.25) is 0 Å². The molecule has 1 aromatic carbocycles. The third-order valence-corrected chi connectivity index (χ3v) is 3.78. The van der Waals surface area contributed by atoms with Crippen LogP contribution in [0.5, 0.6) is 11.5 Å². The van der Waals surface area contributed by atoms with Crippen LogP contribution in [-0.2, 0) is 13.0 Å². The highest BCUT2D eigenvalue weighted by Crippen LogP contribution is 2.27. The third-order valence-electron chi connectivity index (χ3n) is 3.78. The van der Waals surface area contributed by atoms with Crippen molar-refractivity contribution in [3.8, 4) is 11.5 Å². The normalized spacial score (nSPS) is 10.7. The smallest absolute Gasteiger partial charge is 0.271 e. The molecule has 7 nitrogen and oxygen atoms in total. The highest BCUT2D eigenvalue weighted by molar-refractivity contribution is 5.91. The maximum atomic E-state index is 12.3. The molecule has 0 spiro atoms. The van der Waals surface area contributed by atoms with Gasteiger partial charge in [-0.1, -0.05) is 19.9 Å². The Labute approximate surface area is 152 Å². The SMILES string of the molecule is COc1ccc(CCNC(=O)c2ccc(=O)n(CC(C)C)n2)cc1OC. The maximum Gasteiger partial charge on any atom is 0.271 e. The first kappa shape index (κ1) is 19.5. The summed E-state index contributed by atoms with van der Waals surface area (Å²) in [7, 11) is 3.17. The molecule has 140 valence electrons. The standard InChI is InChI=1S/C19H25N3O4/c1-13(2)12-22-18(23)8-6-15(21-22)19(24)20-10-9-14-5-7-16(25-3)17(11-14)26-4/h5-8,11,13H,9-10,12H2,1-4H3,(H,20,24). The Bertz CT molecular complexity index is 815. The molecular formula is C19H25N3O4. The van der Waals surface area contributed by atoms with Crippen molar-refractivity contribution in [3.63, 3.8) is 0 Å². The molecule has 1 N–H and O–H groups in total. The number of benzene rings is 1. The molecule has 2 rings (SSSR count). The first-order valence-corrected chi connectivity index (χ1v) is 8.52. The molecule has 0 radical (unpaired) electrons. The Kier molecular flexibility index (Phi) is 6.77. The van der Waals surface area contributed by atoms with Gasteiger partial charge in [-0.25, -0.2) is 4.68 Å². The second-order valence-corrected chi connectivity index (χ2v) is 6.33. The van der Waals surface area contributed by atoms with Crippen molar-refractivity contribution in [2.75, 3.05) is 20.8 Å². The number of hydrogen-bond donors (Lipinski definition) is 1. The van der Waals surface area contributed by atoms with Crippen molar-refractivity contribution in [2.24, 2.45) is 5.92 Å². The molecule has 0 saturated carbocycles. The van der Waals surface area contributed by atoms with Gasteiger partial charge in [-0.15, -0.1) is 0 Å². The predicted octanol–water partition coefficient (Wildman–Crippen LogP) is 1.89. The number of ether oxygens (including phenoxy) is 2. The lowest BCUT2D eigenvalue weighted by molar-refractivity contribution is 0.0946. The van der Waals surface area contributed by atoms with Crippen LogP contribution in [0.1, 0.15) is 29.9 Å². The molecule has 1 aromatic heterocycles. The fraction of sp³-hybridized carbons (Fsp3) is 0.421. The zero-order valence-electron chi connectivity index (χ0n) is 15.6. The lowest BCUT2D eigenvalue weighted by atomic mass is 10.1. The summed E-state index contributed by atoms with van der Waals surface area (Å²) in [6, 6.07) is 8.46. The van der Waals surface area contributed by atoms with Gasteiger partial charge in [0.15, 0.2) is 11.5 Å². The van der Waals surface area contributed by atoms with Crippen molar-refractivity contribution in [2.45, 2.75) is 26.8 Å². The second kappa shape index (κ2) is 9.03. The summed E-state index contributed by atoms with van der Waals surface area (Å²) in [4.78, 5) is 24.1. The van der Waals surface area contributed by atoms with Gasteiger partial charge in [-0.3, -0.25) is 9.59 Å². The Balaban J connectivity index is 1.98. The number of carbonyl (C=O) groups is 1. The van der Waals surface area contributed by atoms with Crippen LogP contribution in [0.4, 0.5) is 0 Å². The molecule has 0 atom stereocenters. The van der Waals surface area contributed by atoms with Crippen LogP contribution in [0.25, 0.3) is 0 Å². The average molecular weight is 359 g/mol. The quantitative estimate of drug-likeness (QED) is 0.778. The van der Waals surface area contributed by atoms with E-state index in [0.29, 0.717) is 31.0 Å². The van der Waals surface area contributed by atoms with Crippen molar-refractivity contribution in [1.82, 2.24) is 15.1 Å². The van der Waals surface area contributed by atoms with Gasteiger partial charge in [0.05, 0.1) is 14.2 Å². The van der Waals surface area contributed by atoms with Crippen molar-refractivity contribution < 1.29 is 14.3 Å². The Morgan fingerprint density at radius 1 is 1.15 bits per heavy atom. The van der Waals surface area contributed by atoms with E-state index in [0.717, 1.165) is 5.56 Å². The van der Waals surface area contributed by atoms with E-state index >= 15 is 0 Å². The number of nitrogens with one attached hydrogen (secondary N) is 1. The Hall–Kier alpha value is -2.83. The zero-order chi connectivity index (χ0) is 19.1. The average Bonchev–Trinajstić information content (AvgIpc) is 2.62.